The van der Waals surface area contributed by atoms with E-state index in [-0.39, 0.29) is 5.56 Å². The molecule has 0 amide bonds. The standard InChI is InChI=1S/C22H32N6O3/c29-21-15-18-3-1-2-4-19(18)25-28(21)12-11-26-7-9-27(10-8-26)16-20-23-24-22(31-20)17-5-13-30-14-6-17/h15,17H,1-14,16H2. The summed E-state index contributed by atoms with van der Waals surface area (Å²) in [6.07, 6.45) is 6.27. The first kappa shape index (κ1) is 20.8. The molecule has 4 heterocycles. The summed E-state index contributed by atoms with van der Waals surface area (Å²) in [4.78, 5) is 17.1. The molecule has 0 atom stereocenters. The van der Waals surface area contributed by atoms with Crippen LogP contribution in [0.15, 0.2) is 15.3 Å². The highest BCUT2D eigenvalue weighted by Gasteiger charge is 2.24. The lowest BCUT2D eigenvalue weighted by atomic mass is 9.97. The van der Waals surface area contributed by atoms with E-state index in [9.17, 15) is 4.79 Å². The highest BCUT2D eigenvalue weighted by Crippen LogP contribution is 2.26. The summed E-state index contributed by atoms with van der Waals surface area (Å²) in [6.45, 7) is 7.63. The zero-order valence-electron chi connectivity index (χ0n) is 18.2. The molecule has 5 rings (SSSR count). The number of piperazine rings is 1. The third-order valence-corrected chi connectivity index (χ3v) is 6.78. The lowest BCUT2D eigenvalue weighted by Crippen LogP contribution is -2.47. The van der Waals surface area contributed by atoms with Gasteiger partial charge in [0, 0.05) is 57.9 Å². The van der Waals surface area contributed by atoms with Crippen molar-refractivity contribution in [3.63, 3.8) is 0 Å². The molecule has 0 unspecified atom stereocenters. The smallest absolute Gasteiger partial charge is 0.267 e. The molecule has 2 aromatic rings. The molecular formula is C22H32N6O3. The third-order valence-electron chi connectivity index (χ3n) is 6.78. The van der Waals surface area contributed by atoms with Gasteiger partial charge in [-0.3, -0.25) is 14.6 Å². The molecule has 9 heteroatoms. The molecular weight excluding hydrogens is 396 g/mol. The summed E-state index contributed by atoms with van der Waals surface area (Å²) >= 11 is 0. The summed E-state index contributed by atoms with van der Waals surface area (Å²) in [7, 11) is 0. The second kappa shape index (κ2) is 9.58. The minimum absolute atomic E-state index is 0.0380. The lowest BCUT2D eigenvalue weighted by molar-refractivity contribution is 0.0782. The topological polar surface area (TPSA) is 89.5 Å². The molecule has 31 heavy (non-hydrogen) atoms. The number of hydrogen-bond acceptors (Lipinski definition) is 8. The highest BCUT2D eigenvalue weighted by molar-refractivity contribution is 5.20. The van der Waals surface area contributed by atoms with Gasteiger partial charge in [0.05, 0.1) is 18.8 Å². The van der Waals surface area contributed by atoms with Gasteiger partial charge in [-0.1, -0.05) is 0 Å². The summed E-state index contributed by atoms with van der Waals surface area (Å²) < 4.78 is 13.0. The maximum absolute atomic E-state index is 12.4. The van der Waals surface area contributed by atoms with Gasteiger partial charge in [0.15, 0.2) is 0 Å². The molecule has 9 nitrogen and oxygen atoms in total. The molecule has 2 saturated heterocycles. The zero-order chi connectivity index (χ0) is 21.0. The van der Waals surface area contributed by atoms with Crippen LogP contribution in [-0.2, 0) is 30.7 Å². The fourth-order valence-corrected chi connectivity index (χ4v) is 4.80. The summed E-state index contributed by atoms with van der Waals surface area (Å²) in [5, 5.41) is 13.2. The molecule has 1 aliphatic carbocycles. The predicted molar refractivity (Wildman–Crippen MR) is 114 cm³/mol. The van der Waals surface area contributed by atoms with Gasteiger partial charge in [-0.15, -0.1) is 10.2 Å². The second-order valence-corrected chi connectivity index (χ2v) is 8.92. The molecule has 0 aromatic carbocycles. The summed E-state index contributed by atoms with van der Waals surface area (Å²) in [5.74, 6) is 1.81. The fourth-order valence-electron chi connectivity index (χ4n) is 4.80. The number of aryl methyl sites for hydroxylation is 2. The Morgan fingerprint density at radius 3 is 2.58 bits per heavy atom. The normalized spacial score (nSPS) is 21.3. The molecule has 0 saturated carbocycles. The number of rotatable bonds is 6. The Labute approximate surface area is 182 Å². The molecule has 2 aromatic heterocycles. The lowest BCUT2D eigenvalue weighted by Gasteiger charge is -2.33. The van der Waals surface area contributed by atoms with Gasteiger partial charge in [-0.25, -0.2) is 4.68 Å². The van der Waals surface area contributed by atoms with Gasteiger partial charge < -0.3 is 9.15 Å². The van der Waals surface area contributed by atoms with Crippen LogP contribution in [0.5, 0.6) is 0 Å². The average molecular weight is 429 g/mol. The first-order valence-corrected chi connectivity index (χ1v) is 11.7. The minimum atomic E-state index is 0.0380. The van der Waals surface area contributed by atoms with E-state index in [4.69, 9.17) is 9.15 Å². The maximum Gasteiger partial charge on any atom is 0.267 e. The van der Waals surface area contributed by atoms with E-state index >= 15 is 0 Å². The van der Waals surface area contributed by atoms with Crippen molar-refractivity contribution in [2.24, 2.45) is 0 Å². The van der Waals surface area contributed by atoms with E-state index < -0.39 is 0 Å². The molecule has 168 valence electrons. The van der Waals surface area contributed by atoms with Gasteiger partial charge in [0.25, 0.3) is 5.56 Å². The molecule has 0 bridgehead atoms. The van der Waals surface area contributed by atoms with Gasteiger partial charge in [0.2, 0.25) is 11.8 Å². The van der Waals surface area contributed by atoms with E-state index in [1.165, 1.54) is 12.8 Å². The van der Waals surface area contributed by atoms with Crippen molar-refractivity contribution in [1.29, 1.82) is 0 Å². The largest absolute Gasteiger partial charge is 0.424 e. The molecule has 0 N–H and O–H groups in total. The number of aromatic nitrogens is 4. The molecule has 0 spiro atoms. The van der Waals surface area contributed by atoms with Crippen molar-refractivity contribution < 1.29 is 9.15 Å². The number of hydrogen-bond donors (Lipinski definition) is 0. The van der Waals surface area contributed by atoms with Crippen molar-refractivity contribution >= 4 is 0 Å². The first-order valence-electron chi connectivity index (χ1n) is 11.7. The van der Waals surface area contributed by atoms with Crippen LogP contribution in [0.4, 0.5) is 0 Å². The molecule has 2 fully saturated rings. The Kier molecular flexibility index (Phi) is 6.42. The Hall–Kier alpha value is -2.10. The Morgan fingerprint density at radius 2 is 1.74 bits per heavy atom. The van der Waals surface area contributed by atoms with E-state index in [1.807, 2.05) is 0 Å². The quantitative estimate of drug-likeness (QED) is 0.679. The van der Waals surface area contributed by atoms with Crippen molar-refractivity contribution in [3.8, 4) is 0 Å². The van der Waals surface area contributed by atoms with Gasteiger partial charge in [-0.05, 0) is 44.1 Å². The van der Waals surface area contributed by atoms with Crippen molar-refractivity contribution in [3.05, 3.63) is 39.5 Å². The third kappa shape index (κ3) is 5.05. The highest BCUT2D eigenvalue weighted by atomic mass is 16.5. The monoisotopic (exact) mass is 428 g/mol. The van der Waals surface area contributed by atoms with Crippen LogP contribution in [0.1, 0.15) is 54.6 Å². The van der Waals surface area contributed by atoms with Crippen LogP contribution in [0.2, 0.25) is 0 Å². The Bertz CT molecular complexity index is 928. The van der Waals surface area contributed by atoms with Crippen LogP contribution in [0.25, 0.3) is 0 Å². The number of ether oxygens (including phenoxy) is 1. The summed E-state index contributed by atoms with van der Waals surface area (Å²) in [6, 6.07) is 1.80. The van der Waals surface area contributed by atoms with Crippen LogP contribution < -0.4 is 5.56 Å². The van der Waals surface area contributed by atoms with Crippen LogP contribution in [-0.4, -0.2) is 75.7 Å². The number of nitrogens with zero attached hydrogens (tertiary/aromatic N) is 6. The van der Waals surface area contributed by atoms with E-state index in [2.05, 4.69) is 25.1 Å². The summed E-state index contributed by atoms with van der Waals surface area (Å²) in [5.41, 5.74) is 2.31. The van der Waals surface area contributed by atoms with Crippen LogP contribution in [0.3, 0.4) is 0 Å². The average Bonchev–Trinajstić information content (AvgIpc) is 3.28. The Balaban J connectivity index is 1.09. The van der Waals surface area contributed by atoms with Crippen molar-refractivity contribution in [2.75, 3.05) is 45.9 Å². The van der Waals surface area contributed by atoms with Gasteiger partial charge >= 0.3 is 0 Å². The SMILES string of the molecule is O=c1cc2c(nn1CCN1CCN(Cc3nnc(C4CCOCC4)o3)CC1)CCCC2. The van der Waals surface area contributed by atoms with E-state index in [1.54, 1.807) is 10.7 Å². The van der Waals surface area contributed by atoms with Crippen LogP contribution >= 0.6 is 0 Å². The molecule has 3 aliphatic rings. The first-order chi connectivity index (χ1) is 15.2. The van der Waals surface area contributed by atoms with Crippen molar-refractivity contribution in [2.45, 2.75) is 57.5 Å². The zero-order valence-corrected chi connectivity index (χ0v) is 18.2. The van der Waals surface area contributed by atoms with Crippen molar-refractivity contribution in [1.82, 2.24) is 29.8 Å². The number of fused-ring (bicyclic) bond motifs is 1. The maximum atomic E-state index is 12.4. The minimum Gasteiger partial charge on any atom is -0.424 e. The van der Waals surface area contributed by atoms with Gasteiger partial charge in [0.1, 0.15) is 0 Å². The fraction of sp³-hybridized carbons (Fsp3) is 0.727. The molecule has 2 aliphatic heterocycles. The van der Waals surface area contributed by atoms with E-state index in [0.717, 1.165) is 88.8 Å². The molecule has 0 radical (unpaired) electrons. The second-order valence-electron chi connectivity index (χ2n) is 8.92. The van der Waals surface area contributed by atoms with E-state index in [0.29, 0.717) is 24.9 Å². The predicted octanol–water partition coefficient (Wildman–Crippen LogP) is 1.22. The van der Waals surface area contributed by atoms with Gasteiger partial charge in [-0.2, -0.15) is 5.10 Å². The van der Waals surface area contributed by atoms with Crippen LogP contribution in [0, 0.1) is 0 Å². The Morgan fingerprint density at radius 1 is 0.968 bits per heavy atom.